The zero-order chi connectivity index (χ0) is 34.6. The van der Waals surface area contributed by atoms with Crippen LogP contribution in [-0.4, -0.2) is 104 Å². The lowest BCUT2D eigenvalue weighted by Gasteiger charge is -2.52. The van der Waals surface area contributed by atoms with Crippen molar-refractivity contribution in [2.75, 3.05) is 39.4 Å². The Balaban J connectivity index is 1.59. The van der Waals surface area contributed by atoms with Crippen LogP contribution in [0.5, 0.6) is 5.75 Å². The Bertz CT molecular complexity index is 1590. The van der Waals surface area contributed by atoms with Crippen molar-refractivity contribution in [3.63, 3.8) is 0 Å². The molecule has 13 heteroatoms. The molecule has 0 radical (unpaired) electrons. The molecule has 2 aliphatic rings. The van der Waals surface area contributed by atoms with Crippen LogP contribution in [0.2, 0.25) is 0 Å². The van der Waals surface area contributed by atoms with E-state index in [9.17, 15) is 19.5 Å². The second-order valence-corrected chi connectivity index (χ2v) is 13.9. The Morgan fingerprint density at radius 3 is 2.35 bits per heavy atom. The molecular formula is C35H45FN6O6. The number of rotatable bonds is 9. The zero-order valence-corrected chi connectivity index (χ0v) is 28.2. The van der Waals surface area contributed by atoms with Crippen molar-refractivity contribution < 1.29 is 33.4 Å². The molecule has 258 valence electrons. The number of nitrogens with zero attached hydrogens (tertiary/aromatic N) is 6. The lowest BCUT2D eigenvalue weighted by atomic mass is 9.74. The third kappa shape index (κ3) is 7.61. The molecule has 2 aliphatic heterocycles. The maximum Gasteiger partial charge on any atom is 0.407 e. The molecule has 12 nitrogen and oxygen atoms in total. The maximum absolute atomic E-state index is 15.1. The van der Waals surface area contributed by atoms with Crippen LogP contribution in [0.25, 0.3) is 5.69 Å². The molecule has 5 rings (SSSR count). The Morgan fingerprint density at radius 1 is 1.06 bits per heavy atom. The van der Waals surface area contributed by atoms with E-state index in [2.05, 4.69) is 10.3 Å². The second kappa shape index (κ2) is 14.7. The Kier molecular flexibility index (Phi) is 10.7. The molecule has 3 aromatic rings. The zero-order valence-electron chi connectivity index (χ0n) is 28.2. The van der Waals surface area contributed by atoms with Crippen molar-refractivity contribution in [2.45, 2.75) is 59.7 Å². The van der Waals surface area contributed by atoms with Crippen LogP contribution in [0.1, 0.15) is 57.2 Å². The van der Waals surface area contributed by atoms with Crippen LogP contribution >= 0.6 is 0 Å². The van der Waals surface area contributed by atoms with Gasteiger partial charge in [0.05, 0.1) is 31.2 Å². The highest BCUT2D eigenvalue weighted by Gasteiger charge is 2.50. The molecule has 1 aromatic heterocycles. The fourth-order valence-corrected chi connectivity index (χ4v) is 6.79. The number of hydrogen-bond donors (Lipinski definition) is 1. The highest BCUT2D eigenvalue weighted by atomic mass is 19.1. The van der Waals surface area contributed by atoms with Gasteiger partial charge in [0.25, 0.3) is 5.91 Å². The first-order valence-corrected chi connectivity index (χ1v) is 16.4. The van der Waals surface area contributed by atoms with Crippen molar-refractivity contribution in [1.82, 2.24) is 29.7 Å². The molecule has 1 N–H and O–H groups in total. The van der Waals surface area contributed by atoms with E-state index in [0.717, 1.165) is 0 Å². The summed E-state index contributed by atoms with van der Waals surface area (Å²) in [6.45, 7) is 11.6. The number of carbonyl (C=O) groups is 3. The Hall–Kier alpha value is -4.52. The second-order valence-electron chi connectivity index (χ2n) is 13.9. The third-order valence-corrected chi connectivity index (χ3v) is 8.84. The molecule has 2 fully saturated rings. The largest absolute Gasteiger partial charge is 0.487 e. The molecule has 2 saturated heterocycles. The SMILES string of the molecule is CC(C)CN(C(=O)c1nnn(-c2ccccc2F)c1COc1ccccc1)[C@H]1C[C@@H](C(=O)N2CCOCC2)CN(C(=O)O)C1C(C)(C)C. The smallest absolute Gasteiger partial charge is 0.407 e. The average molecular weight is 665 g/mol. The molecule has 48 heavy (non-hydrogen) atoms. The monoisotopic (exact) mass is 664 g/mol. The standard InChI is InChI=1S/C35H45FN6O6/c1-23(2)20-40(28-19-24(32(43)39-15-17-47-18-16-39)21-41(34(45)46)31(28)35(3,4)5)33(44)30-29(22-48-25-11-7-6-8-12-25)42(38-37-30)27-14-10-9-13-26(27)36/h6-14,23-24,28,31H,15-22H2,1-5H3,(H,45,46)/t24-,28+,31?/m1/s1. The van der Waals surface area contributed by atoms with Gasteiger partial charge in [-0.2, -0.15) is 0 Å². The van der Waals surface area contributed by atoms with E-state index in [4.69, 9.17) is 9.47 Å². The molecule has 0 aliphatic carbocycles. The van der Waals surface area contributed by atoms with E-state index in [-0.39, 0.29) is 55.0 Å². The van der Waals surface area contributed by atoms with Gasteiger partial charge in [0.2, 0.25) is 5.91 Å². The van der Waals surface area contributed by atoms with E-state index in [1.807, 2.05) is 52.8 Å². The summed E-state index contributed by atoms with van der Waals surface area (Å²) in [7, 11) is 0. The number of carbonyl (C=O) groups excluding carboxylic acids is 2. The summed E-state index contributed by atoms with van der Waals surface area (Å²) in [4.78, 5) is 46.2. The van der Waals surface area contributed by atoms with Crippen molar-refractivity contribution in [3.05, 3.63) is 71.8 Å². The molecule has 3 amide bonds. The number of aromatic nitrogens is 3. The van der Waals surface area contributed by atoms with Crippen LogP contribution < -0.4 is 4.74 Å². The first-order chi connectivity index (χ1) is 22.9. The van der Waals surface area contributed by atoms with Crippen LogP contribution in [0, 0.1) is 23.1 Å². The lowest BCUT2D eigenvalue weighted by Crippen LogP contribution is -2.66. The maximum atomic E-state index is 15.1. The molecular weight excluding hydrogens is 619 g/mol. The summed E-state index contributed by atoms with van der Waals surface area (Å²) < 4.78 is 27.9. The van der Waals surface area contributed by atoms with Gasteiger partial charge in [0.15, 0.2) is 5.69 Å². The van der Waals surface area contributed by atoms with Gasteiger partial charge in [-0.3, -0.25) is 9.59 Å². The van der Waals surface area contributed by atoms with E-state index in [1.54, 1.807) is 40.1 Å². The van der Waals surface area contributed by atoms with Gasteiger partial charge in [-0.25, -0.2) is 13.9 Å². The molecule has 1 unspecified atom stereocenters. The van der Waals surface area contributed by atoms with Gasteiger partial charge in [-0.1, -0.05) is 70.2 Å². The number of halogens is 1. The minimum atomic E-state index is -1.15. The number of likely N-dealkylation sites (tertiary alicyclic amines) is 1. The van der Waals surface area contributed by atoms with E-state index in [0.29, 0.717) is 32.1 Å². The number of ether oxygens (including phenoxy) is 2. The third-order valence-electron chi connectivity index (χ3n) is 8.84. The van der Waals surface area contributed by atoms with Crippen LogP contribution in [-0.2, 0) is 16.1 Å². The van der Waals surface area contributed by atoms with Gasteiger partial charge in [0, 0.05) is 26.2 Å². The number of benzene rings is 2. The molecule has 3 atom stereocenters. The summed E-state index contributed by atoms with van der Waals surface area (Å²) in [6.07, 6.45) is -0.892. The van der Waals surface area contributed by atoms with E-state index in [1.165, 1.54) is 15.6 Å². The van der Waals surface area contributed by atoms with Gasteiger partial charge in [0.1, 0.15) is 29.6 Å². The van der Waals surface area contributed by atoms with Crippen molar-refractivity contribution in [1.29, 1.82) is 0 Å². The summed E-state index contributed by atoms with van der Waals surface area (Å²) in [5.41, 5.74) is -0.298. The Morgan fingerprint density at radius 2 is 1.73 bits per heavy atom. The van der Waals surface area contributed by atoms with Crippen LogP contribution in [0.15, 0.2) is 54.6 Å². The van der Waals surface area contributed by atoms with Crippen molar-refractivity contribution in [3.8, 4) is 11.4 Å². The summed E-state index contributed by atoms with van der Waals surface area (Å²) >= 11 is 0. The number of carboxylic acid groups (broad SMARTS) is 1. The first-order valence-electron chi connectivity index (χ1n) is 16.4. The van der Waals surface area contributed by atoms with Gasteiger partial charge >= 0.3 is 6.09 Å². The van der Waals surface area contributed by atoms with Crippen LogP contribution in [0.4, 0.5) is 9.18 Å². The minimum absolute atomic E-state index is 0.0196. The highest BCUT2D eigenvalue weighted by Crippen LogP contribution is 2.38. The Labute approximate surface area is 280 Å². The van der Waals surface area contributed by atoms with E-state index >= 15 is 4.39 Å². The minimum Gasteiger partial charge on any atom is -0.487 e. The lowest BCUT2D eigenvalue weighted by molar-refractivity contribution is -0.144. The fourth-order valence-electron chi connectivity index (χ4n) is 6.79. The number of piperidine rings is 1. The molecule has 2 aromatic carbocycles. The molecule has 0 spiro atoms. The summed E-state index contributed by atoms with van der Waals surface area (Å²) in [6, 6.07) is 13.8. The first kappa shape index (κ1) is 34.8. The quantitative estimate of drug-likeness (QED) is 0.348. The summed E-state index contributed by atoms with van der Waals surface area (Å²) in [5.74, 6) is -1.35. The topological polar surface area (TPSA) is 130 Å². The molecule has 3 heterocycles. The summed E-state index contributed by atoms with van der Waals surface area (Å²) in [5, 5.41) is 19.0. The van der Waals surface area contributed by atoms with E-state index < -0.39 is 41.2 Å². The molecule has 0 saturated carbocycles. The van der Waals surface area contributed by atoms with Crippen molar-refractivity contribution in [2.24, 2.45) is 17.3 Å². The fraction of sp³-hybridized carbons (Fsp3) is 0.514. The number of para-hydroxylation sites is 2. The number of amides is 3. The normalized spacial score (nSPS) is 20.1. The molecule has 0 bridgehead atoms. The predicted octanol–water partition coefficient (Wildman–Crippen LogP) is 4.73. The van der Waals surface area contributed by atoms with Gasteiger partial charge < -0.3 is 29.3 Å². The number of hydrogen-bond acceptors (Lipinski definition) is 7. The predicted molar refractivity (Wildman–Crippen MR) is 175 cm³/mol. The van der Waals surface area contributed by atoms with Gasteiger partial charge in [-0.05, 0) is 42.0 Å². The highest BCUT2D eigenvalue weighted by molar-refractivity contribution is 5.94. The number of morpholine rings is 1. The van der Waals surface area contributed by atoms with Crippen molar-refractivity contribution >= 4 is 17.9 Å². The van der Waals surface area contributed by atoms with Crippen LogP contribution in [0.3, 0.4) is 0 Å². The van der Waals surface area contributed by atoms with Gasteiger partial charge in [-0.15, -0.1) is 5.10 Å². The average Bonchev–Trinajstić information content (AvgIpc) is 3.49.